The van der Waals surface area contributed by atoms with Crippen molar-refractivity contribution in [2.45, 2.75) is 13.3 Å². The number of nitrogens with zero attached hydrogens (tertiary/aromatic N) is 3. The fraction of sp³-hybridized carbons (Fsp3) is 0.0476. The maximum atomic E-state index is 7.10. The predicted molar refractivity (Wildman–Crippen MR) is 284 cm³/mol. The van der Waals surface area contributed by atoms with E-state index in [0.29, 0.717) is 5.84 Å². The first kappa shape index (κ1) is 38.5. The molecule has 0 bridgehead atoms. The van der Waals surface area contributed by atoms with Crippen molar-refractivity contribution < 1.29 is 8.83 Å². The Bertz CT molecular complexity index is 4310. The number of rotatable bonds is 5. The van der Waals surface area contributed by atoms with Crippen LogP contribution in [0.1, 0.15) is 30.0 Å². The van der Waals surface area contributed by atoms with Crippen molar-refractivity contribution in [2.75, 3.05) is 0 Å². The van der Waals surface area contributed by atoms with Gasteiger partial charge in [0.15, 0.2) is 11.4 Å². The highest BCUT2D eigenvalue weighted by atomic mass is 16.3. The van der Waals surface area contributed by atoms with Crippen molar-refractivity contribution in [2.24, 2.45) is 15.9 Å². The Morgan fingerprint density at radius 3 is 1.99 bits per heavy atom. The molecule has 13 aromatic rings. The van der Waals surface area contributed by atoms with Crippen molar-refractivity contribution in [1.82, 2.24) is 4.57 Å². The zero-order chi connectivity index (χ0) is 44.9. The highest BCUT2D eigenvalue weighted by Gasteiger charge is 2.26. The van der Waals surface area contributed by atoms with Gasteiger partial charge in [0, 0.05) is 49.4 Å². The number of hydrogen-bond acceptors (Lipinski definition) is 4. The molecule has 0 aliphatic carbocycles. The summed E-state index contributed by atoms with van der Waals surface area (Å²) in [6.45, 7) is 2.27. The van der Waals surface area contributed by atoms with E-state index < -0.39 is 0 Å². The Morgan fingerprint density at radius 1 is 0.441 bits per heavy atom. The van der Waals surface area contributed by atoms with Crippen molar-refractivity contribution in [3.8, 4) is 16.8 Å². The zero-order valence-corrected chi connectivity index (χ0v) is 37.1. The quantitative estimate of drug-likeness (QED) is 0.173. The van der Waals surface area contributed by atoms with Crippen LogP contribution in [-0.4, -0.2) is 16.1 Å². The Hall–Kier alpha value is -8.80. The van der Waals surface area contributed by atoms with Gasteiger partial charge in [-0.25, -0.2) is 9.98 Å². The lowest BCUT2D eigenvalue weighted by atomic mass is 9.91. The van der Waals surface area contributed by atoms with Gasteiger partial charge in [0.1, 0.15) is 16.7 Å². The predicted octanol–water partition coefficient (Wildman–Crippen LogP) is 16.9. The SMILES string of the molecule is CC1C/C=C(\c2ccc3c(c2)oc2ccccc23)N=C(c2ccc(-n3c4cc5ccccc5cc4c4c5ccccc5ccc43)c3oc4ccccc4c23)N=C1c1cccc(-c2ccccc2)c1. The van der Waals surface area contributed by atoms with E-state index in [1.54, 1.807) is 0 Å². The van der Waals surface area contributed by atoms with Crippen LogP contribution >= 0.6 is 0 Å². The fourth-order valence-electron chi connectivity index (χ4n) is 10.7. The van der Waals surface area contributed by atoms with Crippen LogP contribution in [-0.2, 0) is 0 Å². The summed E-state index contributed by atoms with van der Waals surface area (Å²) < 4.78 is 15.9. The standard InChI is InChI=1S/C63H41N3O2/c1-38-26-31-52(44-27-29-48-47-22-9-11-24-56(47)67-58(48)37-44)64-63(65-61(38)45-20-13-19-41(34-45)39-14-3-2-4-15-39)50-30-33-54(62-60(50)49-23-10-12-25-57(49)68-62)66-53-32-28-40-16-7-8-21-46(40)59(53)51-35-42-17-5-6-18-43(42)36-55(51)66/h2-25,27-38H,26H2,1H3/b52-31+,64-63?,65-61?. The highest BCUT2D eigenvalue weighted by molar-refractivity contribution is 6.26. The molecule has 14 rings (SSSR count). The molecule has 0 N–H and O–H groups in total. The second-order valence-corrected chi connectivity index (χ2v) is 18.1. The minimum atomic E-state index is 0.0644. The molecule has 0 fully saturated rings. The molecule has 0 amide bonds. The van der Waals surface area contributed by atoms with Gasteiger partial charge in [0.25, 0.3) is 0 Å². The van der Waals surface area contributed by atoms with Gasteiger partial charge < -0.3 is 13.4 Å². The molecule has 68 heavy (non-hydrogen) atoms. The third-order valence-corrected chi connectivity index (χ3v) is 14.0. The third kappa shape index (κ3) is 6.02. The van der Waals surface area contributed by atoms with E-state index in [0.717, 1.165) is 101 Å². The minimum absolute atomic E-state index is 0.0644. The lowest BCUT2D eigenvalue weighted by Crippen LogP contribution is -2.17. The normalized spacial score (nSPS) is 15.4. The van der Waals surface area contributed by atoms with Gasteiger partial charge in [-0.3, -0.25) is 0 Å². The van der Waals surface area contributed by atoms with Crippen LogP contribution in [0.3, 0.4) is 0 Å². The topological polar surface area (TPSA) is 55.9 Å². The van der Waals surface area contributed by atoms with E-state index >= 15 is 0 Å². The highest BCUT2D eigenvalue weighted by Crippen LogP contribution is 2.43. The van der Waals surface area contributed by atoms with Crippen LogP contribution in [0, 0.1) is 5.92 Å². The van der Waals surface area contributed by atoms with Crippen molar-refractivity contribution in [3.05, 3.63) is 229 Å². The molecule has 320 valence electrons. The maximum absolute atomic E-state index is 7.10. The summed E-state index contributed by atoms with van der Waals surface area (Å²) in [5.74, 6) is 0.685. The Balaban J connectivity index is 1.04. The number of benzene rings is 10. The second-order valence-electron chi connectivity index (χ2n) is 18.1. The van der Waals surface area contributed by atoms with Gasteiger partial charge in [-0.2, -0.15) is 0 Å². The number of furan rings is 2. The van der Waals surface area contributed by atoms with Gasteiger partial charge in [-0.15, -0.1) is 0 Å². The van der Waals surface area contributed by atoms with E-state index in [1.807, 2.05) is 18.2 Å². The number of hydrogen-bond donors (Lipinski definition) is 0. The molecular formula is C63H41N3O2. The molecule has 0 spiro atoms. The lowest BCUT2D eigenvalue weighted by Gasteiger charge is -2.19. The van der Waals surface area contributed by atoms with E-state index in [4.69, 9.17) is 18.8 Å². The number of amidine groups is 1. The fourth-order valence-corrected chi connectivity index (χ4v) is 10.7. The van der Waals surface area contributed by atoms with Crippen LogP contribution in [0.15, 0.2) is 231 Å². The zero-order valence-electron chi connectivity index (χ0n) is 37.1. The van der Waals surface area contributed by atoms with Crippen LogP contribution in [0.5, 0.6) is 0 Å². The molecule has 0 saturated heterocycles. The summed E-state index contributed by atoms with van der Waals surface area (Å²) in [5, 5.41) is 11.4. The Kier molecular flexibility index (Phi) is 8.56. The smallest absolute Gasteiger partial charge is 0.160 e. The molecule has 1 aliphatic heterocycles. The average Bonchev–Trinajstić information content (AvgIpc) is 4.07. The average molecular weight is 872 g/mol. The summed E-state index contributed by atoms with van der Waals surface area (Å²) >= 11 is 0. The molecule has 5 heteroatoms. The molecule has 10 aromatic carbocycles. The van der Waals surface area contributed by atoms with Gasteiger partial charge in [0.2, 0.25) is 0 Å². The van der Waals surface area contributed by atoms with E-state index in [-0.39, 0.29) is 5.92 Å². The number of para-hydroxylation sites is 2. The first-order chi connectivity index (χ1) is 33.6. The lowest BCUT2D eigenvalue weighted by molar-refractivity contribution is 0.666. The van der Waals surface area contributed by atoms with E-state index in [1.165, 1.54) is 37.9 Å². The first-order valence-electron chi connectivity index (χ1n) is 23.4. The number of aliphatic imine (C=N–C) groups is 2. The number of allylic oxidation sites excluding steroid dienone is 1. The molecule has 1 aliphatic rings. The molecule has 1 unspecified atom stereocenters. The molecule has 4 heterocycles. The largest absolute Gasteiger partial charge is 0.456 e. The summed E-state index contributed by atoms with van der Waals surface area (Å²) in [6.07, 6.45) is 3.02. The van der Waals surface area contributed by atoms with Gasteiger partial charge >= 0.3 is 0 Å². The van der Waals surface area contributed by atoms with Crippen LogP contribution in [0.25, 0.3) is 110 Å². The molecular weight excluding hydrogens is 831 g/mol. The van der Waals surface area contributed by atoms with Crippen molar-refractivity contribution in [1.29, 1.82) is 0 Å². The maximum Gasteiger partial charge on any atom is 0.160 e. The van der Waals surface area contributed by atoms with Crippen molar-refractivity contribution in [3.63, 3.8) is 0 Å². The Morgan fingerprint density at radius 2 is 1.13 bits per heavy atom. The first-order valence-corrected chi connectivity index (χ1v) is 23.4. The number of fused-ring (bicyclic) bond motifs is 12. The summed E-state index contributed by atoms with van der Waals surface area (Å²) in [7, 11) is 0. The van der Waals surface area contributed by atoms with Gasteiger partial charge in [0.05, 0.1) is 28.1 Å². The minimum Gasteiger partial charge on any atom is -0.456 e. The summed E-state index contributed by atoms with van der Waals surface area (Å²) in [6, 6.07) is 73.3. The van der Waals surface area contributed by atoms with Crippen LogP contribution in [0.4, 0.5) is 0 Å². The van der Waals surface area contributed by atoms with E-state index in [9.17, 15) is 0 Å². The number of aromatic nitrogens is 1. The Labute approximate surface area is 391 Å². The third-order valence-electron chi connectivity index (χ3n) is 14.0. The molecule has 1 atom stereocenters. The monoisotopic (exact) mass is 871 g/mol. The molecule has 3 aromatic heterocycles. The van der Waals surface area contributed by atoms with Gasteiger partial charge in [-0.1, -0.05) is 159 Å². The van der Waals surface area contributed by atoms with Crippen LogP contribution < -0.4 is 0 Å². The second kappa shape index (κ2) is 15.1. The van der Waals surface area contributed by atoms with E-state index in [2.05, 4.69) is 206 Å². The van der Waals surface area contributed by atoms with Crippen LogP contribution in [0.2, 0.25) is 0 Å². The molecule has 5 nitrogen and oxygen atoms in total. The van der Waals surface area contributed by atoms with Crippen molar-refractivity contribution >= 4 is 104 Å². The molecule has 0 saturated carbocycles. The summed E-state index contributed by atoms with van der Waals surface area (Å²) in [5.41, 5.74) is 13.6. The summed E-state index contributed by atoms with van der Waals surface area (Å²) in [4.78, 5) is 11.3. The van der Waals surface area contributed by atoms with Gasteiger partial charge in [-0.05, 0) is 105 Å². The molecule has 0 radical (unpaired) electrons.